The Kier molecular flexibility index (Phi) is 2.65. The van der Waals surface area contributed by atoms with Gasteiger partial charge in [-0.15, -0.1) is 5.10 Å². The fourth-order valence-electron chi connectivity index (χ4n) is 1.73. The number of hydrogen-bond acceptors (Lipinski definition) is 4. The van der Waals surface area contributed by atoms with Crippen molar-refractivity contribution < 1.29 is 9.90 Å². The van der Waals surface area contributed by atoms with Crippen LogP contribution in [0.3, 0.4) is 0 Å². The van der Waals surface area contributed by atoms with Crippen LogP contribution in [0.1, 0.15) is 44.9 Å². The number of rotatable bonds is 4. The molecule has 6 nitrogen and oxygen atoms in total. The summed E-state index contributed by atoms with van der Waals surface area (Å²) in [6.45, 7) is 3.68. The van der Waals surface area contributed by atoms with Gasteiger partial charge in [0.25, 0.3) is 0 Å². The van der Waals surface area contributed by atoms with E-state index in [0.29, 0.717) is 12.5 Å². The van der Waals surface area contributed by atoms with Gasteiger partial charge in [0.15, 0.2) is 5.82 Å². The highest BCUT2D eigenvalue weighted by atomic mass is 16.4. The second-order valence-corrected chi connectivity index (χ2v) is 5.01. The molecule has 1 aliphatic rings. The summed E-state index contributed by atoms with van der Waals surface area (Å²) < 4.78 is 1.64. The third-order valence-corrected chi connectivity index (χ3v) is 3.15. The third-order valence-electron chi connectivity index (χ3n) is 3.15. The summed E-state index contributed by atoms with van der Waals surface area (Å²) in [7, 11) is 0. The molecule has 1 heterocycles. The van der Waals surface area contributed by atoms with Crippen LogP contribution in [-0.4, -0.2) is 31.3 Å². The first-order valence-electron chi connectivity index (χ1n) is 5.50. The standard InChI is InChI=1S/C10H16N4O2/c1-10(2,9(15)16)6-14-8(11-12-13-14)7-4-3-5-7/h7H,3-6H2,1-2H3,(H,15,16). The monoisotopic (exact) mass is 224 g/mol. The molecule has 0 aromatic carbocycles. The lowest BCUT2D eigenvalue weighted by molar-refractivity contribution is -0.147. The molecule has 0 amide bonds. The Balaban J connectivity index is 2.15. The molecule has 1 aromatic heterocycles. The molecule has 2 rings (SSSR count). The van der Waals surface area contributed by atoms with Crippen molar-refractivity contribution in [2.45, 2.75) is 45.6 Å². The van der Waals surface area contributed by atoms with E-state index in [0.717, 1.165) is 18.7 Å². The number of aromatic nitrogens is 4. The molecule has 0 spiro atoms. The Morgan fingerprint density at radius 2 is 2.25 bits per heavy atom. The van der Waals surface area contributed by atoms with Gasteiger partial charge in [0.2, 0.25) is 0 Å². The van der Waals surface area contributed by atoms with Crippen LogP contribution in [0.2, 0.25) is 0 Å². The Bertz CT molecular complexity index is 395. The molecule has 0 aliphatic heterocycles. The average Bonchev–Trinajstić information content (AvgIpc) is 2.49. The smallest absolute Gasteiger partial charge is 0.310 e. The van der Waals surface area contributed by atoms with Crippen molar-refractivity contribution in [2.75, 3.05) is 0 Å². The SMILES string of the molecule is CC(C)(Cn1nnnc1C1CCC1)C(=O)O. The van der Waals surface area contributed by atoms with Crippen molar-refractivity contribution in [1.29, 1.82) is 0 Å². The van der Waals surface area contributed by atoms with Gasteiger partial charge in [-0.25, -0.2) is 4.68 Å². The molecule has 1 aromatic rings. The lowest BCUT2D eigenvalue weighted by Gasteiger charge is -2.26. The van der Waals surface area contributed by atoms with Crippen LogP contribution in [0, 0.1) is 5.41 Å². The first-order chi connectivity index (χ1) is 7.50. The van der Waals surface area contributed by atoms with Crippen molar-refractivity contribution in [1.82, 2.24) is 20.2 Å². The minimum Gasteiger partial charge on any atom is -0.481 e. The van der Waals surface area contributed by atoms with E-state index in [1.807, 2.05) is 0 Å². The van der Waals surface area contributed by atoms with Crippen LogP contribution >= 0.6 is 0 Å². The summed E-state index contributed by atoms with van der Waals surface area (Å²) in [6.07, 6.45) is 3.42. The van der Waals surface area contributed by atoms with E-state index in [1.165, 1.54) is 6.42 Å². The van der Waals surface area contributed by atoms with E-state index in [4.69, 9.17) is 5.11 Å². The molecule has 1 N–H and O–H groups in total. The minimum absolute atomic E-state index is 0.321. The van der Waals surface area contributed by atoms with Crippen LogP contribution in [0.4, 0.5) is 0 Å². The van der Waals surface area contributed by atoms with Gasteiger partial charge < -0.3 is 5.11 Å². The molecular formula is C10H16N4O2. The summed E-state index contributed by atoms with van der Waals surface area (Å²) in [4.78, 5) is 11.0. The first-order valence-corrected chi connectivity index (χ1v) is 5.50. The van der Waals surface area contributed by atoms with Crippen molar-refractivity contribution >= 4 is 5.97 Å². The molecule has 1 saturated carbocycles. The zero-order valence-electron chi connectivity index (χ0n) is 9.55. The van der Waals surface area contributed by atoms with E-state index >= 15 is 0 Å². The van der Waals surface area contributed by atoms with Crippen LogP contribution in [0.25, 0.3) is 0 Å². The van der Waals surface area contributed by atoms with Crippen molar-refractivity contribution in [3.8, 4) is 0 Å². The van der Waals surface area contributed by atoms with Crippen molar-refractivity contribution in [2.24, 2.45) is 5.41 Å². The highest BCUT2D eigenvalue weighted by molar-refractivity contribution is 5.73. The summed E-state index contributed by atoms with van der Waals surface area (Å²) in [6, 6.07) is 0. The van der Waals surface area contributed by atoms with E-state index in [-0.39, 0.29) is 0 Å². The number of aliphatic carboxylic acids is 1. The molecule has 0 radical (unpaired) electrons. The summed E-state index contributed by atoms with van der Waals surface area (Å²) in [5, 5.41) is 20.6. The Labute approximate surface area is 93.6 Å². The van der Waals surface area contributed by atoms with Crippen LogP contribution in [-0.2, 0) is 11.3 Å². The molecule has 88 valence electrons. The number of carbonyl (C=O) groups is 1. The normalized spacial score (nSPS) is 17.1. The van der Waals surface area contributed by atoms with Crippen LogP contribution in [0.5, 0.6) is 0 Å². The number of nitrogens with zero attached hydrogens (tertiary/aromatic N) is 4. The molecule has 0 bridgehead atoms. The number of hydrogen-bond donors (Lipinski definition) is 1. The lowest BCUT2D eigenvalue weighted by atomic mass is 9.84. The Morgan fingerprint density at radius 1 is 1.56 bits per heavy atom. The number of carboxylic acids is 1. The topological polar surface area (TPSA) is 80.9 Å². The molecule has 16 heavy (non-hydrogen) atoms. The zero-order chi connectivity index (χ0) is 11.8. The number of carboxylic acid groups (broad SMARTS) is 1. The van der Waals surface area contributed by atoms with E-state index in [9.17, 15) is 4.79 Å². The fourth-order valence-corrected chi connectivity index (χ4v) is 1.73. The highest BCUT2D eigenvalue weighted by Crippen LogP contribution is 2.35. The quantitative estimate of drug-likeness (QED) is 0.826. The van der Waals surface area contributed by atoms with Gasteiger partial charge in [0, 0.05) is 5.92 Å². The first kappa shape index (κ1) is 11.0. The van der Waals surface area contributed by atoms with Gasteiger partial charge in [-0.3, -0.25) is 4.79 Å². The Hall–Kier alpha value is -1.46. The Morgan fingerprint density at radius 3 is 2.75 bits per heavy atom. The summed E-state index contributed by atoms with van der Waals surface area (Å²) in [5.41, 5.74) is -0.839. The third kappa shape index (κ3) is 1.91. The molecule has 0 atom stereocenters. The minimum atomic E-state index is -0.839. The van der Waals surface area contributed by atoms with Crippen LogP contribution < -0.4 is 0 Å². The van der Waals surface area contributed by atoms with Gasteiger partial charge in [0.05, 0.1) is 12.0 Å². The zero-order valence-corrected chi connectivity index (χ0v) is 9.55. The second-order valence-electron chi connectivity index (χ2n) is 5.01. The van der Waals surface area contributed by atoms with E-state index in [1.54, 1.807) is 18.5 Å². The molecule has 0 saturated heterocycles. The molecule has 0 unspecified atom stereocenters. The lowest BCUT2D eigenvalue weighted by Crippen LogP contribution is -2.31. The maximum absolute atomic E-state index is 11.0. The van der Waals surface area contributed by atoms with E-state index < -0.39 is 11.4 Å². The fraction of sp³-hybridized carbons (Fsp3) is 0.800. The van der Waals surface area contributed by atoms with Gasteiger partial charge in [0.1, 0.15) is 0 Å². The van der Waals surface area contributed by atoms with Gasteiger partial charge in [-0.1, -0.05) is 6.42 Å². The molecule has 1 aliphatic carbocycles. The van der Waals surface area contributed by atoms with Crippen molar-refractivity contribution in [3.63, 3.8) is 0 Å². The van der Waals surface area contributed by atoms with Gasteiger partial charge >= 0.3 is 5.97 Å². The summed E-state index contributed by atoms with van der Waals surface area (Å²) in [5.74, 6) is 0.419. The average molecular weight is 224 g/mol. The largest absolute Gasteiger partial charge is 0.481 e. The van der Waals surface area contributed by atoms with Gasteiger partial charge in [-0.05, 0) is 37.1 Å². The van der Waals surface area contributed by atoms with Crippen molar-refractivity contribution in [3.05, 3.63) is 5.82 Å². The predicted octanol–water partition coefficient (Wildman–Crippen LogP) is 1.05. The highest BCUT2D eigenvalue weighted by Gasteiger charge is 2.32. The van der Waals surface area contributed by atoms with Gasteiger partial charge in [-0.2, -0.15) is 0 Å². The second kappa shape index (κ2) is 3.84. The molecule has 1 fully saturated rings. The maximum Gasteiger partial charge on any atom is 0.310 e. The van der Waals surface area contributed by atoms with Crippen LogP contribution in [0.15, 0.2) is 0 Å². The maximum atomic E-state index is 11.0. The molecule has 6 heteroatoms. The predicted molar refractivity (Wildman–Crippen MR) is 55.8 cm³/mol. The molecular weight excluding hydrogens is 208 g/mol. The summed E-state index contributed by atoms with van der Waals surface area (Å²) >= 11 is 0. The van der Waals surface area contributed by atoms with E-state index in [2.05, 4.69) is 15.5 Å². The number of tetrazole rings is 1.